The minimum Gasteiger partial charge on any atom is -0.352 e. The maximum Gasteiger partial charge on any atom is 0.193 e. The number of hydrogen-bond donors (Lipinski definition) is 1. The van der Waals surface area contributed by atoms with E-state index < -0.39 is 0 Å². The summed E-state index contributed by atoms with van der Waals surface area (Å²) in [5.74, 6) is 0.568. The highest BCUT2D eigenvalue weighted by Gasteiger charge is 2.12. The van der Waals surface area contributed by atoms with E-state index in [1.165, 1.54) is 17.7 Å². The van der Waals surface area contributed by atoms with Crippen LogP contribution in [-0.4, -0.2) is 34.7 Å². The van der Waals surface area contributed by atoms with Crippen molar-refractivity contribution in [2.24, 2.45) is 12.0 Å². The molecule has 0 aliphatic rings. The molecule has 0 aliphatic heterocycles. The van der Waals surface area contributed by atoms with E-state index in [1.807, 2.05) is 30.6 Å². The lowest BCUT2D eigenvalue weighted by Gasteiger charge is -2.22. The molecule has 0 saturated heterocycles. The van der Waals surface area contributed by atoms with Gasteiger partial charge in [-0.05, 0) is 31.5 Å². The predicted octanol–water partition coefficient (Wildman–Crippen LogP) is 2.38. The van der Waals surface area contributed by atoms with Crippen LogP contribution in [0.5, 0.6) is 0 Å². The summed E-state index contributed by atoms with van der Waals surface area (Å²) in [6.07, 6.45) is 0. The molecule has 124 valence electrons. The van der Waals surface area contributed by atoms with Crippen LogP contribution in [0, 0.1) is 19.7 Å². The minimum atomic E-state index is -0.221. The van der Waals surface area contributed by atoms with Crippen molar-refractivity contribution >= 4 is 5.96 Å². The molecule has 2 aromatic rings. The fourth-order valence-electron chi connectivity index (χ4n) is 2.56. The van der Waals surface area contributed by atoms with E-state index in [-0.39, 0.29) is 5.82 Å². The van der Waals surface area contributed by atoms with Crippen LogP contribution in [0.25, 0.3) is 0 Å². The van der Waals surface area contributed by atoms with E-state index in [2.05, 4.69) is 22.3 Å². The molecular formula is C17H24FN5. The first-order valence-electron chi connectivity index (χ1n) is 7.57. The van der Waals surface area contributed by atoms with Crippen molar-refractivity contribution in [2.75, 3.05) is 14.1 Å². The average Bonchev–Trinajstić information content (AvgIpc) is 2.76. The van der Waals surface area contributed by atoms with E-state index in [9.17, 15) is 4.39 Å². The van der Waals surface area contributed by atoms with Crippen molar-refractivity contribution in [3.63, 3.8) is 0 Å². The average molecular weight is 317 g/mol. The Bertz CT molecular complexity index is 688. The molecule has 0 fully saturated rings. The largest absolute Gasteiger partial charge is 0.352 e. The Morgan fingerprint density at radius 2 is 1.96 bits per heavy atom. The third-order valence-electron chi connectivity index (χ3n) is 3.99. The highest BCUT2D eigenvalue weighted by molar-refractivity contribution is 5.79. The summed E-state index contributed by atoms with van der Waals surface area (Å²) in [4.78, 5) is 6.32. The third kappa shape index (κ3) is 4.09. The van der Waals surface area contributed by atoms with Crippen LogP contribution in [0.1, 0.15) is 22.5 Å². The van der Waals surface area contributed by atoms with Crippen LogP contribution in [0.4, 0.5) is 4.39 Å². The van der Waals surface area contributed by atoms with Gasteiger partial charge in [0.25, 0.3) is 0 Å². The number of rotatable bonds is 4. The van der Waals surface area contributed by atoms with Gasteiger partial charge in [-0.3, -0.25) is 9.67 Å². The van der Waals surface area contributed by atoms with Crippen molar-refractivity contribution in [3.05, 3.63) is 52.6 Å². The number of halogens is 1. The Labute approximate surface area is 136 Å². The second kappa shape index (κ2) is 7.26. The van der Waals surface area contributed by atoms with Gasteiger partial charge in [-0.2, -0.15) is 5.10 Å². The Kier molecular flexibility index (Phi) is 5.36. The Balaban J connectivity index is 2.00. The number of guanidine groups is 1. The van der Waals surface area contributed by atoms with E-state index in [0.717, 1.165) is 22.9 Å². The SMILES string of the molecule is CN=C(NCc1c(C)nn(C)c1C)N(C)Cc1ccc(F)cc1. The van der Waals surface area contributed by atoms with Crippen molar-refractivity contribution < 1.29 is 4.39 Å². The van der Waals surface area contributed by atoms with Gasteiger partial charge < -0.3 is 10.2 Å². The topological polar surface area (TPSA) is 45.5 Å². The number of nitrogens with zero attached hydrogens (tertiary/aromatic N) is 4. The van der Waals surface area contributed by atoms with E-state index in [4.69, 9.17) is 0 Å². The van der Waals surface area contributed by atoms with Gasteiger partial charge >= 0.3 is 0 Å². The number of hydrogen-bond acceptors (Lipinski definition) is 2. The second-order valence-electron chi connectivity index (χ2n) is 5.66. The molecule has 2 rings (SSSR count). The lowest BCUT2D eigenvalue weighted by molar-refractivity contribution is 0.476. The molecule has 0 radical (unpaired) electrons. The summed E-state index contributed by atoms with van der Waals surface area (Å²) in [5, 5.41) is 7.78. The monoisotopic (exact) mass is 317 g/mol. The van der Waals surface area contributed by atoms with Crippen molar-refractivity contribution in [1.82, 2.24) is 20.0 Å². The number of aryl methyl sites for hydroxylation is 2. The molecule has 0 saturated carbocycles. The zero-order chi connectivity index (χ0) is 17.0. The van der Waals surface area contributed by atoms with Crippen LogP contribution < -0.4 is 5.32 Å². The standard InChI is InChI=1S/C17H24FN5/c1-12-16(13(2)23(5)21-12)10-20-17(19-3)22(4)11-14-6-8-15(18)9-7-14/h6-9H,10-11H2,1-5H3,(H,19,20). The number of aliphatic imine (C=N–C) groups is 1. The smallest absolute Gasteiger partial charge is 0.193 e. The molecule has 0 amide bonds. The first-order valence-corrected chi connectivity index (χ1v) is 7.57. The number of aromatic nitrogens is 2. The maximum absolute atomic E-state index is 13.0. The molecule has 1 N–H and O–H groups in total. The van der Waals surface area contributed by atoms with Crippen molar-refractivity contribution in [1.29, 1.82) is 0 Å². The Morgan fingerprint density at radius 1 is 1.30 bits per heavy atom. The van der Waals surface area contributed by atoms with Gasteiger partial charge in [-0.15, -0.1) is 0 Å². The molecule has 1 aromatic carbocycles. The van der Waals surface area contributed by atoms with Gasteiger partial charge in [0.2, 0.25) is 0 Å². The summed E-state index contributed by atoms with van der Waals surface area (Å²) in [5.41, 5.74) is 4.38. The van der Waals surface area contributed by atoms with Gasteiger partial charge in [-0.1, -0.05) is 12.1 Å². The third-order valence-corrected chi connectivity index (χ3v) is 3.99. The minimum absolute atomic E-state index is 0.221. The van der Waals surface area contributed by atoms with E-state index in [0.29, 0.717) is 13.1 Å². The zero-order valence-electron chi connectivity index (χ0n) is 14.4. The normalized spacial score (nSPS) is 11.7. The molecular weight excluding hydrogens is 293 g/mol. The summed E-state index contributed by atoms with van der Waals surface area (Å²) in [6, 6.07) is 6.52. The quantitative estimate of drug-likeness (QED) is 0.696. The number of nitrogens with one attached hydrogen (secondary N) is 1. The second-order valence-corrected chi connectivity index (χ2v) is 5.66. The fourth-order valence-corrected chi connectivity index (χ4v) is 2.56. The summed E-state index contributed by atoms with van der Waals surface area (Å²) in [7, 11) is 5.66. The summed E-state index contributed by atoms with van der Waals surface area (Å²) >= 11 is 0. The molecule has 0 aliphatic carbocycles. The summed E-state index contributed by atoms with van der Waals surface area (Å²) < 4.78 is 14.9. The zero-order valence-corrected chi connectivity index (χ0v) is 14.4. The molecule has 5 nitrogen and oxygen atoms in total. The molecule has 0 unspecified atom stereocenters. The molecule has 6 heteroatoms. The number of benzene rings is 1. The van der Waals surface area contributed by atoms with Gasteiger partial charge in [-0.25, -0.2) is 4.39 Å². The van der Waals surface area contributed by atoms with Crippen molar-refractivity contribution in [3.8, 4) is 0 Å². The molecule has 1 aromatic heterocycles. The molecule has 1 heterocycles. The van der Waals surface area contributed by atoms with Crippen LogP contribution in [0.15, 0.2) is 29.3 Å². The lowest BCUT2D eigenvalue weighted by atomic mass is 10.2. The first kappa shape index (κ1) is 17.0. The van der Waals surface area contributed by atoms with Crippen molar-refractivity contribution in [2.45, 2.75) is 26.9 Å². The van der Waals surface area contributed by atoms with Gasteiger partial charge in [0.05, 0.1) is 5.69 Å². The van der Waals surface area contributed by atoms with Gasteiger partial charge in [0.15, 0.2) is 5.96 Å². The highest BCUT2D eigenvalue weighted by Crippen LogP contribution is 2.11. The van der Waals surface area contributed by atoms with E-state index in [1.54, 1.807) is 19.2 Å². The molecule has 23 heavy (non-hydrogen) atoms. The van der Waals surface area contributed by atoms with Crippen LogP contribution in [0.3, 0.4) is 0 Å². The predicted molar refractivity (Wildman–Crippen MR) is 90.7 cm³/mol. The van der Waals surface area contributed by atoms with Crippen LogP contribution >= 0.6 is 0 Å². The van der Waals surface area contributed by atoms with Crippen LogP contribution in [0.2, 0.25) is 0 Å². The van der Waals surface area contributed by atoms with Gasteiger partial charge in [0.1, 0.15) is 5.82 Å². The molecule has 0 bridgehead atoms. The lowest BCUT2D eigenvalue weighted by Crippen LogP contribution is -2.38. The molecule has 0 atom stereocenters. The Hall–Kier alpha value is -2.37. The van der Waals surface area contributed by atoms with E-state index >= 15 is 0 Å². The first-order chi connectivity index (χ1) is 10.9. The maximum atomic E-state index is 13.0. The summed E-state index contributed by atoms with van der Waals surface area (Å²) in [6.45, 7) is 5.40. The van der Waals surface area contributed by atoms with Crippen LogP contribution in [-0.2, 0) is 20.1 Å². The fraction of sp³-hybridized carbons (Fsp3) is 0.412. The van der Waals surface area contributed by atoms with Gasteiger partial charge in [0, 0.05) is 45.5 Å². The highest BCUT2D eigenvalue weighted by atomic mass is 19.1. The Morgan fingerprint density at radius 3 is 2.48 bits per heavy atom. The molecule has 0 spiro atoms.